The summed E-state index contributed by atoms with van der Waals surface area (Å²) in [4.78, 5) is 26.0. The average Bonchev–Trinajstić information content (AvgIpc) is 3.38. The standard InChI is InChI=1S/C17H23N3O3/c1-12(16(21)19-17(22)18-14-7-8-14)20-9-10-23-15(11-20)13-5-3-2-4-6-13/h2-6,12,14-15H,7-11H2,1H3,(H2,18,19,21,22). The molecule has 1 saturated carbocycles. The number of benzene rings is 1. The second kappa shape index (κ2) is 7.10. The van der Waals surface area contributed by atoms with Gasteiger partial charge in [-0.05, 0) is 25.3 Å². The molecule has 1 aliphatic heterocycles. The van der Waals surface area contributed by atoms with Crippen molar-refractivity contribution in [1.82, 2.24) is 15.5 Å². The predicted octanol–water partition coefficient (Wildman–Crippen LogP) is 1.44. The summed E-state index contributed by atoms with van der Waals surface area (Å²) < 4.78 is 5.81. The summed E-state index contributed by atoms with van der Waals surface area (Å²) in [6, 6.07) is 9.48. The highest BCUT2D eigenvalue weighted by atomic mass is 16.5. The number of morpholine rings is 1. The van der Waals surface area contributed by atoms with Crippen LogP contribution in [0.15, 0.2) is 30.3 Å². The van der Waals surface area contributed by atoms with Crippen LogP contribution in [0.4, 0.5) is 4.79 Å². The Morgan fingerprint density at radius 3 is 2.70 bits per heavy atom. The number of carbonyl (C=O) groups excluding carboxylic acids is 2. The lowest BCUT2D eigenvalue weighted by molar-refractivity contribution is -0.128. The maximum absolute atomic E-state index is 12.2. The lowest BCUT2D eigenvalue weighted by Gasteiger charge is -2.36. The third kappa shape index (κ3) is 4.30. The van der Waals surface area contributed by atoms with Crippen LogP contribution in [-0.4, -0.2) is 48.6 Å². The molecule has 2 atom stereocenters. The van der Waals surface area contributed by atoms with Crippen molar-refractivity contribution in [3.8, 4) is 0 Å². The van der Waals surface area contributed by atoms with Crippen LogP contribution < -0.4 is 10.6 Å². The van der Waals surface area contributed by atoms with Gasteiger partial charge in [-0.25, -0.2) is 4.79 Å². The fraction of sp³-hybridized carbons (Fsp3) is 0.529. The van der Waals surface area contributed by atoms with Gasteiger partial charge in [0.1, 0.15) is 0 Å². The summed E-state index contributed by atoms with van der Waals surface area (Å²) in [7, 11) is 0. The van der Waals surface area contributed by atoms with Gasteiger partial charge in [-0.15, -0.1) is 0 Å². The van der Waals surface area contributed by atoms with Crippen molar-refractivity contribution in [2.24, 2.45) is 0 Å². The fourth-order valence-corrected chi connectivity index (χ4v) is 2.72. The first-order chi connectivity index (χ1) is 11.1. The van der Waals surface area contributed by atoms with E-state index in [1.165, 1.54) is 0 Å². The molecule has 6 nitrogen and oxygen atoms in total. The number of nitrogens with zero attached hydrogens (tertiary/aromatic N) is 1. The number of nitrogens with one attached hydrogen (secondary N) is 2. The smallest absolute Gasteiger partial charge is 0.321 e. The Morgan fingerprint density at radius 1 is 1.26 bits per heavy atom. The van der Waals surface area contributed by atoms with E-state index < -0.39 is 6.03 Å². The summed E-state index contributed by atoms with van der Waals surface area (Å²) in [6.45, 7) is 3.73. The van der Waals surface area contributed by atoms with E-state index >= 15 is 0 Å². The van der Waals surface area contributed by atoms with E-state index in [9.17, 15) is 9.59 Å². The Hall–Kier alpha value is -1.92. The average molecular weight is 317 g/mol. The maximum Gasteiger partial charge on any atom is 0.321 e. The summed E-state index contributed by atoms with van der Waals surface area (Å²) in [5, 5.41) is 5.19. The van der Waals surface area contributed by atoms with Crippen molar-refractivity contribution in [3.05, 3.63) is 35.9 Å². The van der Waals surface area contributed by atoms with E-state index in [0.29, 0.717) is 19.7 Å². The molecule has 6 heteroatoms. The highest BCUT2D eigenvalue weighted by molar-refractivity contribution is 5.97. The van der Waals surface area contributed by atoms with Gasteiger partial charge >= 0.3 is 6.03 Å². The van der Waals surface area contributed by atoms with E-state index in [4.69, 9.17) is 4.74 Å². The van der Waals surface area contributed by atoms with Gasteiger partial charge in [-0.2, -0.15) is 0 Å². The minimum atomic E-state index is -0.391. The molecule has 1 aromatic rings. The minimum Gasteiger partial charge on any atom is -0.371 e. The normalized spacial score (nSPS) is 23.1. The lowest BCUT2D eigenvalue weighted by Crippen LogP contribution is -2.53. The van der Waals surface area contributed by atoms with Gasteiger partial charge in [0.25, 0.3) is 0 Å². The summed E-state index contributed by atoms with van der Waals surface area (Å²) in [5.41, 5.74) is 1.11. The molecule has 2 fully saturated rings. The number of hydrogen-bond donors (Lipinski definition) is 2. The Balaban J connectivity index is 1.54. The molecule has 2 N–H and O–H groups in total. The van der Waals surface area contributed by atoms with E-state index in [2.05, 4.69) is 15.5 Å². The third-order valence-corrected chi connectivity index (χ3v) is 4.35. The van der Waals surface area contributed by atoms with Crippen LogP contribution in [0.5, 0.6) is 0 Å². The number of carbonyl (C=O) groups is 2. The number of rotatable bonds is 4. The second-order valence-electron chi connectivity index (χ2n) is 6.18. The molecule has 2 unspecified atom stereocenters. The van der Waals surface area contributed by atoms with Gasteiger partial charge in [0.2, 0.25) is 5.91 Å². The molecular formula is C17H23N3O3. The van der Waals surface area contributed by atoms with Crippen LogP contribution in [0.2, 0.25) is 0 Å². The number of imide groups is 1. The zero-order valence-corrected chi connectivity index (χ0v) is 13.3. The molecule has 23 heavy (non-hydrogen) atoms. The van der Waals surface area contributed by atoms with Gasteiger partial charge in [0, 0.05) is 19.1 Å². The number of urea groups is 1. The zero-order chi connectivity index (χ0) is 16.2. The van der Waals surface area contributed by atoms with Crippen LogP contribution in [-0.2, 0) is 9.53 Å². The van der Waals surface area contributed by atoms with Crippen LogP contribution >= 0.6 is 0 Å². The first-order valence-electron chi connectivity index (χ1n) is 8.15. The highest BCUT2D eigenvalue weighted by Crippen LogP contribution is 2.23. The number of amides is 3. The van der Waals surface area contributed by atoms with Gasteiger partial charge in [-0.1, -0.05) is 30.3 Å². The fourth-order valence-electron chi connectivity index (χ4n) is 2.72. The van der Waals surface area contributed by atoms with Crippen LogP contribution in [0.25, 0.3) is 0 Å². The molecule has 3 rings (SSSR count). The Kier molecular flexibility index (Phi) is 4.93. The van der Waals surface area contributed by atoms with E-state index in [-0.39, 0.29) is 24.1 Å². The van der Waals surface area contributed by atoms with Gasteiger partial charge in [0.05, 0.1) is 18.8 Å². The topological polar surface area (TPSA) is 70.7 Å². The molecule has 0 bridgehead atoms. The van der Waals surface area contributed by atoms with Gasteiger partial charge in [-0.3, -0.25) is 15.0 Å². The quantitative estimate of drug-likeness (QED) is 0.881. The van der Waals surface area contributed by atoms with Crippen molar-refractivity contribution >= 4 is 11.9 Å². The largest absolute Gasteiger partial charge is 0.371 e. The van der Waals surface area contributed by atoms with Gasteiger partial charge in [0.15, 0.2) is 0 Å². The van der Waals surface area contributed by atoms with Crippen molar-refractivity contribution in [3.63, 3.8) is 0 Å². The molecule has 0 spiro atoms. The molecule has 0 radical (unpaired) electrons. The number of hydrogen-bond acceptors (Lipinski definition) is 4. The van der Waals surface area contributed by atoms with Crippen LogP contribution in [0.1, 0.15) is 31.4 Å². The zero-order valence-electron chi connectivity index (χ0n) is 13.3. The summed E-state index contributed by atoms with van der Waals surface area (Å²) >= 11 is 0. The molecule has 1 aromatic carbocycles. The molecule has 1 aliphatic carbocycles. The number of ether oxygens (including phenoxy) is 1. The van der Waals surface area contributed by atoms with Crippen molar-refractivity contribution < 1.29 is 14.3 Å². The first kappa shape index (κ1) is 16.0. The summed E-state index contributed by atoms with van der Waals surface area (Å²) in [5.74, 6) is -0.267. The maximum atomic E-state index is 12.2. The molecule has 2 aliphatic rings. The van der Waals surface area contributed by atoms with Crippen molar-refractivity contribution in [2.75, 3.05) is 19.7 Å². The molecule has 1 heterocycles. The second-order valence-corrected chi connectivity index (χ2v) is 6.18. The van der Waals surface area contributed by atoms with E-state index in [0.717, 1.165) is 18.4 Å². The van der Waals surface area contributed by atoms with Crippen molar-refractivity contribution in [2.45, 2.75) is 38.0 Å². The Bertz CT molecular complexity index is 559. The molecular weight excluding hydrogens is 294 g/mol. The Morgan fingerprint density at radius 2 is 2.00 bits per heavy atom. The third-order valence-electron chi connectivity index (χ3n) is 4.35. The van der Waals surface area contributed by atoms with Crippen molar-refractivity contribution in [1.29, 1.82) is 0 Å². The van der Waals surface area contributed by atoms with Gasteiger partial charge < -0.3 is 10.1 Å². The highest BCUT2D eigenvalue weighted by Gasteiger charge is 2.30. The van der Waals surface area contributed by atoms with Crippen LogP contribution in [0.3, 0.4) is 0 Å². The molecule has 3 amide bonds. The summed E-state index contributed by atoms with van der Waals surface area (Å²) in [6.07, 6.45) is 1.96. The Labute approximate surface area is 136 Å². The minimum absolute atomic E-state index is 0.0412. The first-order valence-corrected chi connectivity index (χ1v) is 8.15. The molecule has 124 valence electrons. The monoisotopic (exact) mass is 317 g/mol. The SMILES string of the molecule is CC(C(=O)NC(=O)NC1CC1)N1CCOC(c2ccccc2)C1. The molecule has 1 saturated heterocycles. The van der Waals surface area contributed by atoms with E-state index in [1.807, 2.05) is 37.3 Å². The lowest BCUT2D eigenvalue weighted by atomic mass is 10.1. The predicted molar refractivity (Wildman–Crippen MR) is 85.9 cm³/mol. The molecule has 0 aromatic heterocycles. The van der Waals surface area contributed by atoms with E-state index in [1.54, 1.807) is 0 Å². The van der Waals surface area contributed by atoms with Crippen LogP contribution in [0, 0.1) is 0 Å².